The molecule has 1 aromatic heterocycles. The van der Waals surface area contributed by atoms with Crippen LogP contribution in [0.3, 0.4) is 0 Å². The Hall–Kier alpha value is -5.33. The molecule has 11 heteroatoms. The highest BCUT2D eigenvalue weighted by atomic mass is 16.6. The third-order valence-electron chi connectivity index (χ3n) is 8.34. The molecule has 0 aliphatic carbocycles. The van der Waals surface area contributed by atoms with Gasteiger partial charge in [0, 0.05) is 11.8 Å². The molecule has 5 atom stereocenters. The normalized spacial score (nSPS) is 20.1. The Balaban J connectivity index is 1.30. The van der Waals surface area contributed by atoms with Crippen LogP contribution in [0.5, 0.6) is 11.5 Å². The van der Waals surface area contributed by atoms with Gasteiger partial charge >= 0.3 is 5.69 Å². The fourth-order valence-corrected chi connectivity index (χ4v) is 5.85. The van der Waals surface area contributed by atoms with Crippen molar-refractivity contribution in [2.45, 2.75) is 30.1 Å². The summed E-state index contributed by atoms with van der Waals surface area (Å²) in [6.07, 6.45) is -3.85. The van der Waals surface area contributed by atoms with Crippen molar-refractivity contribution in [3.8, 4) is 11.5 Å². The van der Waals surface area contributed by atoms with Crippen LogP contribution >= 0.6 is 0 Å². The molecule has 4 aromatic carbocycles. The Morgan fingerprint density at radius 2 is 1.46 bits per heavy atom. The molecule has 0 radical (unpaired) electrons. The molecule has 11 nitrogen and oxygen atoms in total. The zero-order chi connectivity index (χ0) is 33.7. The molecule has 1 amide bonds. The summed E-state index contributed by atoms with van der Waals surface area (Å²) in [4.78, 5) is 29.6. The third kappa shape index (κ3) is 6.44. The van der Waals surface area contributed by atoms with E-state index in [9.17, 15) is 19.8 Å². The minimum Gasteiger partial charge on any atom is -0.497 e. The minimum absolute atomic E-state index is 0.0310. The number of hydrogen-bond acceptors (Lipinski definition) is 9. The molecule has 0 saturated carbocycles. The number of nitrogens with one attached hydrogen (secondary N) is 1. The topological polar surface area (TPSA) is 141 Å². The molecular weight excluding hydrogens is 614 g/mol. The molecule has 1 fully saturated rings. The summed E-state index contributed by atoms with van der Waals surface area (Å²) in [6.45, 7) is -0.180. The van der Waals surface area contributed by atoms with E-state index in [2.05, 4.69) is 10.3 Å². The van der Waals surface area contributed by atoms with Gasteiger partial charge in [-0.05, 0) is 59.2 Å². The molecule has 1 aliphatic heterocycles. The lowest BCUT2D eigenvalue weighted by atomic mass is 9.80. The van der Waals surface area contributed by atoms with Gasteiger partial charge in [0.1, 0.15) is 41.2 Å². The first-order valence-electron chi connectivity index (χ1n) is 15.3. The van der Waals surface area contributed by atoms with Crippen molar-refractivity contribution in [3.63, 3.8) is 0 Å². The second kappa shape index (κ2) is 14.2. The number of anilines is 1. The van der Waals surface area contributed by atoms with Crippen LogP contribution in [0.1, 0.15) is 33.3 Å². The van der Waals surface area contributed by atoms with Crippen LogP contribution < -0.4 is 20.5 Å². The van der Waals surface area contributed by atoms with Gasteiger partial charge in [-0.1, -0.05) is 72.8 Å². The van der Waals surface area contributed by atoms with E-state index in [0.717, 1.165) is 21.3 Å². The predicted octanol–water partition coefficient (Wildman–Crippen LogP) is 4.14. The van der Waals surface area contributed by atoms with Crippen molar-refractivity contribution >= 4 is 11.7 Å². The Morgan fingerprint density at radius 3 is 2.12 bits per heavy atom. The molecule has 246 valence electrons. The number of nitrogens with zero attached hydrogens (tertiary/aromatic N) is 2. The summed E-state index contributed by atoms with van der Waals surface area (Å²) in [5, 5.41) is 24.8. The van der Waals surface area contributed by atoms with E-state index in [1.165, 1.54) is 12.3 Å². The quantitative estimate of drug-likeness (QED) is 0.180. The van der Waals surface area contributed by atoms with E-state index in [1.54, 1.807) is 44.6 Å². The Bertz CT molecular complexity index is 1900. The van der Waals surface area contributed by atoms with Crippen molar-refractivity contribution in [1.82, 2.24) is 9.55 Å². The van der Waals surface area contributed by atoms with Crippen molar-refractivity contribution in [2.75, 3.05) is 26.1 Å². The van der Waals surface area contributed by atoms with E-state index in [4.69, 9.17) is 18.9 Å². The first-order valence-corrected chi connectivity index (χ1v) is 15.3. The smallest absolute Gasteiger partial charge is 0.351 e. The molecule has 48 heavy (non-hydrogen) atoms. The van der Waals surface area contributed by atoms with Gasteiger partial charge in [0.15, 0.2) is 6.23 Å². The van der Waals surface area contributed by atoms with E-state index in [0.29, 0.717) is 17.1 Å². The summed E-state index contributed by atoms with van der Waals surface area (Å²) in [5.41, 5.74) is 0.704. The van der Waals surface area contributed by atoms with Gasteiger partial charge in [0.2, 0.25) is 0 Å². The maximum Gasteiger partial charge on any atom is 0.351 e. The standard InChI is InChI=1S/C37H35N3O8/c1-45-28-18-16-26(17-19-28)37(25-12-7-4-8-13-25,27-14-9-15-29(22-27)46-2)47-23-30-32(41)33(42)35(48-30)40-21-20-31(39-36(40)44)38-34(43)24-10-5-3-6-11-24/h3-22,30,32-33,35,41-42H,23H2,1-2H3,(H,38,39,43,44)/t30-,32-,33-,35?,37?/m1/s1. The average molecular weight is 650 g/mol. The van der Waals surface area contributed by atoms with Crippen LogP contribution in [-0.4, -0.2) is 64.8 Å². The zero-order valence-electron chi connectivity index (χ0n) is 26.3. The van der Waals surface area contributed by atoms with Crippen molar-refractivity contribution in [3.05, 3.63) is 154 Å². The van der Waals surface area contributed by atoms with Gasteiger partial charge in [0.05, 0.1) is 20.8 Å². The predicted molar refractivity (Wildman–Crippen MR) is 177 cm³/mol. The zero-order valence-corrected chi connectivity index (χ0v) is 26.3. The lowest BCUT2D eigenvalue weighted by Gasteiger charge is -2.37. The second-order valence-corrected chi connectivity index (χ2v) is 11.2. The number of rotatable bonds is 11. The monoisotopic (exact) mass is 649 g/mol. The lowest BCUT2D eigenvalue weighted by molar-refractivity contribution is -0.0958. The summed E-state index contributed by atoms with van der Waals surface area (Å²) < 4.78 is 25.0. The number of ether oxygens (including phenoxy) is 4. The first-order chi connectivity index (χ1) is 23.3. The number of benzene rings is 4. The molecule has 1 aliphatic rings. The molecule has 2 heterocycles. The van der Waals surface area contributed by atoms with Crippen LogP contribution in [0.4, 0.5) is 5.82 Å². The van der Waals surface area contributed by atoms with Crippen molar-refractivity contribution in [1.29, 1.82) is 0 Å². The number of amides is 1. The van der Waals surface area contributed by atoms with Gasteiger partial charge in [-0.3, -0.25) is 9.36 Å². The fraction of sp³-hybridized carbons (Fsp3) is 0.216. The molecule has 5 aromatic rings. The van der Waals surface area contributed by atoms with Gasteiger partial charge in [-0.25, -0.2) is 4.79 Å². The van der Waals surface area contributed by atoms with Crippen molar-refractivity contribution < 1.29 is 34.0 Å². The second-order valence-electron chi connectivity index (χ2n) is 11.2. The number of hydrogen-bond donors (Lipinski definition) is 3. The molecule has 6 rings (SSSR count). The average Bonchev–Trinajstić information content (AvgIpc) is 3.41. The lowest BCUT2D eigenvalue weighted by Crippen LogP contribution is -2.39. The van der Waals surface area contributed by atoms with E-state index in [-0.39, 0.29) is 12.4 Å². The Morgan fingerprint density at radius 1 is 0.812 bits per heavy atom. The third-order valence-corrected chi connectivity index (χ3v) is 8.34. The number of aliphatic hydroxyl groups excluding tert-OH is 2. The number of methoxy groups -OCH3 is 2. The highest BCUT2D eigenvalue weighted by Crippen LogP contribution is 2.43. The van der Waals surface area contributed by atoms with Crippen LogP contribution in [-0.2, 0) is 15.1 Å². The van der Waals surface area contributed by atoms with Crippen LogP contribution in [0, 0.1) is 0 Å². The summed E-state index contributed by atoms with van der Waals surface area (Å²) in [6, 6.07) is 34.5. The summed E-state index contributed by atoms with van der Waals surface area (Å²) >= 11 is 0. The van der Waals surface area contributed by atoms with Gasteiger partial charge in [0.25, 0.3) is 5.91 Å². The highest BCUT2D eigenvalue weighted by Gasteiger charge is 2.47. The largest absolute Gasteiger partial charge is 0.497 e. The summed E-state index contributed by atoms with van der Waals surface area (Å²) in [7, 11) is 3.18. The van der Waals surface area contributed by atoms with Crippen LogP contribution in [0.2, 0.25) is 0 Å². The fourth-order valence-electron chi connectivity index (χ4n) is 5.85. The molecule has 0 spiro atoms. The van der Waals surface area contributed by atoms with Crippen molar-refractivity contribution in [2.24, 2.45) is 0 Å². The molecular formula is C37H35N3O8. The number of carbonyl (C=O) groups is 1. The maximum atomic E-state index is 13.1. The van der Waals surface area contributed by atoms with E-state index >= 15 is 0 Å². The number of aliphatic hydroxyl groups is 2. The van der Waals surface area contributed by atoms with Gasteiger partial charge in [-0.2, -0.15) is 4.98 Å². The summed E-state index contributed by atoms with van der Waals surface area (Å²) in [5.74, 6) is 0.882. The number of carbonyl (C=O) groups excluding carboxylic acids is 1. The highest BCUT2D eigenvalue weighted by molar-refractivity contribution is 6.03. The number of aromatic nitrogens is 2. The molecule has 2 unspecified atom stereocenters. The SMILES string of the molecule is COc1ccc(C(OC[C@H]2OC(n3ccc(NC(=O)c4ccccc4)nc3=O)[C@H](O)[C@@H]2O)(c2ccccc2)c2cccc(OC)c2)cc1. The van der Waals surface area contributed by atoms with E-state index in [1.807, 2.05) is 78.9 Å². The first kappa shape index (κ1) is 32.6. The van der Waals surface area contributed by atoms with Crippen LogP contribution in [0.15, 0.2) is 126 Å². The van der Waals surface area contributed by atoms with Gasteiger partial charge in [-0.15, -0.1) is 0 Å². The Kier molecular flexibility index (Phi) is 9.65. The van der Waals surface area contributed by atoms with Gasteiger partial charge < -0.3 is 34.5 Å². The molecule has 3 N–H and O–H groups in total. The van der Waals surface area contributed by atoms with Crippen LogP contribution in [0.25, 0.3) is 0 Å². The van der Waals surface area contributed by atoms with E-state index < -0.39 is 41.7 Å². The molecule has 1 saturated heterocycles. The maximum absolute atomic E-state index is 13.1. The molecule has 0 bridgehead atoms. The Labute approximate surface area is 277 Å². The minimum atomic E-state index is -1.48.